The molecule has 2 aromatic rings. The Balaban J connectivity index is 2.34. The van der Waals surface area contributed by atoms with Crippen LogP contribution < -0.4 is 4.72 Å². The quantitative estimate of drug-likeness (QED) is 0.938. The van der Waals surface area contributed by atoms with Gasteiger partial charge in [-0.3, -0.25) is 4.72 Å². The molecule has 6 heteroatoms. The fraction of sp³-hybridized carbons (Fsp3) is 0. The van der Waals surface area contributed by atoms with Crippen LogP contribution in [0, 0.1) is 5.82 Å². The molecule has 0 spiro atoms. The molecule has 0 aliphatic rings. The largest absolute Gasteiger partial charge is 0.280 e. The first kappa shape index (κ1) is 13.0. The Hall–Kier alpha value is -1.40. The van der Waals surface area contributed by atoms with Gasteiger partial charge >= 0.3 is 0 Å². The molecule has 0 fully saturated rings. The normalized spacial score (nSPS) is 11.2. The molecule has 0 saturated heterocycles. The zero-order valence-electron chi connectivity index (χ0n) is 9.10. The van der Waals surface area contributed by atoms with Crippen molar-refractivity contribution in [2.24, 2.45) is 0 Å². The van der Waals surface area contributed by atoms with Crippen LogP contribution in [0.3, 0.4) is 0 Å². The highest BCUT2D eigenvalue weighted by atomic mass is 79.9. The highest BCUT2D eigenvalue weighted by Gasteiger charge is 2.15. The van der Waals surface area contributed by atoms with E-state index >= 15 is 0 Å². The third kappa shape index (κ3) is 2.88. The van der Waals surface area contributed by atoms with Crippen LogP contribution in [0.1, 0.15) is 0 Å². The second-order valence-corrected chi connectivity index (χ2v) is 6.08. The molecule has 0 radical (unpaired) electrons. The van der Waals surface area contributed by atoms with Gasteiger partial charge in [0.25, 0.3) is 10.0 Å². The number of nitrogens with one attached hydrogen (secondary N) is 1. The SMILES string of the molecule is O=S(=O)(Nc1ccccc1)c1ccc(Br)c(F)c1. The summed E-state index contributed by atoms with van der Waals surface area (Å²) in [5.74, 6) is -0.620. The Labute approximate surface area is 113 Å². The van der Waals surface area contributed by atoms with Gasteiger partial charge < -0.3 is 0 Å². The molecule has 0 unspecified atom stereocenters. The van der Waals surface area contributed by atoms with Crippen molar-refractivity contribution in [1.82, 2.24) is 0 Å². The van der Waals surface area contributed by atoms with E-state index in [1.165, 1.54) is 12.1 Å². The van der Waals surface area contributed by atoms with Crippen LogP contribution in [-0.2, 0) is 10.0 Å². The molecule has 0 atom stereocenters. The molecular formula is C12H9BrFNO2S. The minimum absolute atomic E-state index is 0.118. The maximum atomic E-state index is 13.3. The monoisotopic (exact) mass is 329 g/mol. The molecule has 0 heterocycles. The van der Waals surface area contributed by atoms with Crippen LogP contribution in [0.5, 0.6) is 0 Å². The van der Waals surface area contributed by atoms with Crippen molar-refractivity contribution in [3.63, 3.8) is 0 Å². The molecule has 0 aromatic heterocycles. The second kappa shape index (κ2) is 5.07. The average Bonchev–Trinajstić information content (AvgIpc) is 2.33. The predicted molar refractivity (Wildman–Crippen MR) is 71.4 cm³/mol. The lowest BCUT2D eigenvalue weighted by molar-refractivity contribution is 0.593. The maximum absolute atomic E-state index is 13.3. The van der Waals surface area contributed by atoms with E-state index in [-0.39, 0.29) is 9.37 Å². The highest BCUT2D eigenvalue weighted by Crippen LogP contribution is 2.21. The van der Waals surface area contributed by atoms with Crippen LogP contribution in [-0.4, -0.2) is 8.42 Å². The lowest BCUT2D eigenvalue weighted by atomic mass is 10.3. The molecular weight excluding hydrogens is 321 g/mol. The molecule has 0 amide bonds. The number of halogens is 2. The average molecular weight is 330 g/mol. The Kier molecular flexibility index (Phi) is 3.68. The molecule has 1 N–H and O–H groups in total. The van der Waals surface area contributed by atoms with Gasteiger partial charge in [0.05, 0.1) is 9.37 Å². The summed E-state index contributed by atoms with van der Waals surface area (Å²) in [4.78, 5) is -0.118. The van der Waals surface area contributed by atoms with E-state index < -0.39 is 15.8 Å². The fourth-order valence-corrected chi connectivity index (χ4v) is 2.68. The molecule has 0 bridgehead atoms. The van der Waals surface area contributed by atoms with E-state index in [9.17, 15) is 12.8 Å². The maximum Gasteiger partial charge on any atom is 0.261 e. The van der Waals surface area contributed by atoms with Crippen molar-refractivity contribution in [3.05, 3.63) is 58.8 Å². The van der Waals surface area contributed by atoms with Crippen molar-refractivity contribution in [2.45, 2.75) is 4.90 Å². The van der Waals surface area contributed by atoms with Crippen LogP contribution in [0.25, 0.3) is 0 Å². The molecule has 3 nitrogen and oxygen atoms in total. The van der Waals surface area contributed by atoms with Gasteiger partial charge in [-0.05, 0) is 46.3 Å². The topological polar surface area (TPSA) is 46.2 Å². The van der Waals surface area contributed by atoms with E-state index in [0.29, 0.717) is 5.69 Å². The molecule has 0 aliphatic carbocycles. The summed E-state index contributed by atoms with van der Waals surface area (Å²) in [5.41, 5.74) is 0.431. The molecule has 18 heavy (non-hydrogen) atoms. The molecule has 0 aliphatic heterocycles. The predicted octanol–water partition coefficient (Wildman–Crippen LogP) is 3.39. The first-order valence-electron chi connectivity index (χ1n) is 5.02. The van der Waals surface area contributed by atoms with E-state index in [1.807, 2.05) is 0 Å². The van der Waals surface area contributed by atoms with Gasteiger partial charge in [0.2, 0.25) is 0 Å². The minimum atomic E-state index is -3.76. The first-order valence-corrected chi connectivity index (χ1v) is 7.29. The number of rotatable bonds is 3. The number of hydrogen-bond donors (Lipinski definition) is 1. The van der Waals surface area contributed by atoms with E-state index in [1.54, 1.807) is 30.3 Å². The van der Waals surface area contributed by atoms with Crippen molar-refractivity contribution in [3.8, 4) is 0 Å². The molecule has 2 rings (SSSR count). The summed E-state index contributed by atoms with van der Waals surface area (Å²) < 4.78 is 39.8. The summed E-state index contributed by atoms with van der Waals surface area (Å²) in [6.07, 6.45) is 0. The molecule has 0 saturated carbocycles. The van der Waals surface area contributed by atoms with Crippen LogP contribution in [0.2, 0.25) is 0 Å². The number of sulfonamides is 1. The third-order valence-electron chi connectivity index (χ3n) is 2.23. The Morgan fingerprint density at radius 1 is 1.06 bits per heavy atom. The van der Waals surface area contributed by atoms with Gasteiger partial charge in [-0.25, -0.2) is 12.8 Å². The third-order valence-corrected chi connectivity index (χ3v) is 4.25. The van der Waals surface area contributed by atoms with Crippen LogP contribution >= 0.6 is 15.9 Å². The molecule has 94 valence electrons. The number of para-hydroxylation sites is 1. The summed E-state index contributed by atoms with van der Waals surface area (Å²) in [7, 11) is -3.76. The Bertz CT molecular complexity index is 659. The number of hydrogen-bond acceptors (Lipinski definition) is 2. The standard InChI is InChI=1S/C12H9BrFNO2S/c13-11-7-6-10(8-12(11)14)18(16,17)15-9-4-2-1-3-5-9/h1-8,15H. The van der Waals surface area contributed by atoms with E-state index in [4.69, 9.17) is 0 Å². The van der Waals surface area contributed by atoms with Crippen molar-refractivity contribution >= 4 is 31.6 Å². The molecule has 2 aromatic carbocycles. The second-order valence-electron chi connectivity index (χ2n) is 3.55. The fourth-order valence-electron chi connectivity index (χ4n) is 1.36. The summed E-state index contributed by atoms with van der Waals surface area (Å²) in [6.45, 7) is 0. The summed E-state index contributed by atoms with van der Waals surface area (Å²) in [6, 6.07) is 12.1. The van der Waals surface area contributed by atoms with Crippen molar-refractivity contribution in [2.75, 3.05) is 4.72 Å². The van der Waals surface area contributed by atoms with Gasteiger partial charge in [0, 0.05) is 5.69 Å². The van der Waals surface area contributed by atoms with Gasteiger partial charge in [-0.1, -0.05) is 18.2 Å². The summed E-state index contributed by atoms with van der Waals surface area (Å²) in [5, 5.41) is 0. The van der Waals surface area contributed by atoms with Crippen LogP contribution in [0.15, 0.2) is 57.9 Å². The minimum Gasteiger partial charge on any atom is -0.280 e. The Morgan fingerprint density at radius 2 is 1.72 bits per heavy atom. The van der Waals surface area contributed by atoms with Crippen molar-refractivity contribution in [1.29, 1.82) is 0 Å². The lowest BCUT2D eigenvalue weighted by Crippen LogP contribution is -2.13. The van der Waals surface area contributed by atoms with Gasteiger partial charge in [0.1, 0.15) is 5.82 Å². The van der Waals surface area contributed by atoms with Crippen LogP contribution in [0.4, 0.5) is 10.1 Å². The van der Waals surface area contributed by atoms with Gasteiger partial charge in [-0.15, -0.1) is 0 Å². The highest BCUT2D eigenvalue weighted by molar-refractivity contribution is 9.10. The number of anilines is 1. The zero-order valence-corrected chi connectivity index (χ0v) is 11.5. The number of benzene rings is 2. The van der Waals surface area contributed by atoms with Gasteiger partial charge in [0.15, 0.2) is 0 Å². The first-order chi connectivity index (χ1) is 8.49. The smallest absolute Gasteiger partial charge is 0.261 e. The van der Waals surface area contributed by atoms with E-state index in [0.717, 1.165) is 6.07 Å². The van der Waals surface area contributed by atoms with Gasteiger partial charge in [-0.2, -0.15) is 0 Å². The Morgan fingerprint density at radius 3 is 2.33 bits per heavy atom. The summed E-state index contributed by atoms with van der Waals surface area (Å²) >= 11 is 2.97. The lowest BCUT2D eigenvalue weighted by Gasteiger charge is -2.08. The van der Waals surface area contributed by atoms with E-state index in [2.05, 4.69) is 20.7 Å². The van der Waals surface area contributed by atoms with Crippen molar-refractivity contribution < 1.29 is 12.8 Å². The zero-order chi connectivity index (χ0) is 13.2.